The molecule has 1 amide bonds. The average molecular weight is 390 g/mol. The summed E-state index contributed by atoms with van der Waals surface area (Å²) in [4.78, 5) is 16.8. The highest BCUT2D eigenvalue weighted by Crippen LogP contribution is 2.30. The van der Waals surface area contributed by atoms with E-state index in [0.717, 1.165) is 26.5 Å². The molecule has 0 aliphatic heterocycles. The van der Waals surface area contributed by atoms with E-state index in [2.05, 4.69) is 16.4 Å². The number of anilines is 1. The number of amides is 1. The summed E-state index contributed by atoms with van der Waals surface area (Å²) in [6, 6.07) is 22.8. The Morgan fingerprint density at radius 3 is 2.39 bits per heavy atom. The van der Waals surface area contributed by atoms with Crippen molar-refractivity contribution in [3.8, 4) is 22.1 Å². The maximum atomic E-state index is 12.1. The highest BCUT2D eigenvalue weighted by atomic mass is 32.1. The Kier molecular flexibility index (Phi) is 5.21. The Labute approximate surface area is 166 Å². The molecule has 0 aliphatic carbocycles. The lowest BCUT2D eigenvalue weighted by Crippen LogP contribution is -2.20. The quantitative estimate of drug-likeness (QED) is 0.504. The number of hydrogen-bond donors (Lipinski definition) is 1. The summed E-state index contributed by atoms with van der Waals surface area (Å²) in [5, 5.41) is 3.79. The normalized spacial score (nSPS) is 10.6. The van der Waals surface area contributed by atoms with Crippen LogP contribution in [0.3, 0.4) is 0 Å². The molecular weight excluding hydrogens is 372 g/mol. The van der Waals surface area contributed by atoms with Gasteiger partial charge in [-0.05, 0) is 60.7 Å². The first-order valence-corrected chi connectivity index (χ1v) is 9.55. The molecule has 0 radical (unpaired) electrons. The second-order valence-corrected chi connectivity index (χ2v) is 7.11. The van der Waals surface area contributed by atoms with Crippen molar-refractivity contribution in [2.24, 2.45) is 0 Å². The van der Waals surface area contributed by atoms with Crippen molar-refractivity contribution in [1.82, 2.24) is 4.98 Å². The number of nitrogens with one attached hydrogen (secondary N) is 1. The lowest BCUT2D eigenvalue weighted by atomic mass is 10.2. The van der Waals surface area contributed by atoms with E-state index in [9.17, 15) is 4.79 Å². The van der Waals surface area contributed by atoms with Crippen LogP contribution in [-0.2, 0) is 4.79 Å². The van der Waals surface area contributed by atoms with Crippen molar-refractivity contribution in [1.29, 1.82) is 0 Å². The number of fused-ring (bicyclic) bond motifs is 1. The molecule has 0 fully saturated rings. The van der Waals surface area contributed by atoms with Crippen molar-refractivity contribution in [2.75, 3.05) is 19.0 Å². The van der Waals surface area contributed by atoms with E-state index in [1.54, 1.807) is 42.7 Å². The van der Waals surface area contributed by atoms with Crippen LogP contribution in [0.1, 0.15) is 0 Å². The third-order valence-corrected chi connectivity index (χ3v) is 5.22. The molecule has 0 atom stereocenters. The molecule has 1 heterocycles. The summed E-state index contributed by atoms with van der Waals surface area (Å²) in [5.41, 5.74) is 2.73. The van der Waals surface area contributed by atoms with Gasteiger partial charge in [-0.2, -0.15) is 0 Å². The highest BCUT2D eigenvalue weighted by molar-refractivity contribution is 7.21. The van der Waals surface area contributed by atoms with Gasteiger partial charge in [0.2, 0.25) is 0 Å². The SMILES string of the molecule is COc1ccc(OCC(=O)Nc2ccc(-c3nc4ccccc4s3)cc2)cc1. The summed E-state index contributed by atoms with van der Waals surface area (Å²) in [7, 11) is 1.60. The molecule has 0 saturated heterocycles. The fourth-order valence-electron chi connectivity index (χ4n) is 2.71. The Hall–Kier alpha value is -3.38. The minimum atomic E-state index is -0.219. The van der Waals surface area contributed by atoms with Crippen LogP contribution in [0, 0.1) is 0 Å². The summed E-state index contributed by atoms with van der Waals surface area (Å²) in [5.74, 6) is 1.13. The number of ether oxygens (including phenoxy) is 2. The molecule has 1 aromatic heterocycles. The monoisotopic (exact) mass is 390 g/mol. The standard InChI is InChI=1S/C22H18N2O3S/c1-26-17-10-12-18(13-11-17)27-14-21(25)23-16-8-6-15(7-9-16)22-24-19-4-2-3-5-20(19)28-22/h2-13H,14H2,1H3,(H,23,25). The van der Waals surface area contributed by atoms with E-state index in [4.69, 9.17) is 9.47 Å². The van der Waals surface area contributed by atoms with Gasteiger partial charge in [-0.1, -0.05) is 12.1 Å². The van der Waals surface area contributed by atoms with Gasteiger partial charge in [0.25, 0.3) is 5.91 Å². The van der Waals surface area contributed by atoms with Gasteiger partial charge < -0.3 is 14.8 Å². The van der Waals surface area contributed by atoms with Crippen LogP contribution in [0.15, 0.2) is 72.8 Å². The van der Waals surface area contributed by atoms with Crippen molar-refractivity contribution in [3.63, 3.8) is 0 Å². The number of para-hydroxylation sites is 1. The molecule has 0 bridgehead atoms. The van der Waals surface area contributed by atoms with Gasteiger partial charge in [-0.3, -0.25) is 4.79 Å². The number of nitrogens with zero attached hydrogens (tertiary/aromatic N) is 1. The minimum absolute atomic E-state index is 0.0635. The second-order valence-electron chi connectivity index (χ2n) is 6.08. The Morgan fingerprint density at radius 2 is 1.68 bits per heavy atom. The van der Waals surface area contributed by atoms with Gasteiger partial charge in [0.05, 0.1) is 17.3 Å². The molecule has 0 unspecified atom stereocenters. The van der Waals surface area contributed by atoms with Gasteiger partial charge in [0, 0.05) is 11.3 Å². The van der Waals surface area contributed by atoms with Gasteiger partial charge in [0.15, 0.2) is 6.61 Å². The van der Waals surface area contributed by atoms with Crippen molar-refractivity contribution in [3.05, 3.63) is 72.8 Å². The summed E-state index contributed by atoms with van der Waals surface area (Å²) < 4.78 is 11.7. The van der Waals surface area contributed by atoms with E-state index < -0.39 is 0 Å². The zero-order chi connectivity index (χ0) is 19.3. The molecule has 0 aliphatic rings. The zero-order valence-corrected chi connectivity index (χ0v) is 16.0. The molecule has 28 heavy (non-hydrogen) atoms. The van der Waals surface area contributed by atoms with Crippen molar-refractivity contribution < 1.29 is 14.3 Å². The number of carbonyl (C=O) groups is 1. The molecular formula is C22H18N2O3S. The number of rotatable bonds is 6. The lowest BCUT2D eigenvalue weighted by Gasteiger charge is -2.08. The summed E-state index contributed by atoms with van der Waals surface area (Å²) in [6.45, 7) is -0.0635. The molecule has 5 nitrogen and oxygen atoms in total. The molecule has 1 N–H and O–H groups in total. The molecule has 0 saturated carbocycles. The third-order valence-electron chi connectivity index (χ3n) is 4.14. The molecule has 0 spiro atoms. The maximum Gasteiger partial charge on any atom is 0.262 e. The molecule has 4 rings (SSSR count). The first-order valence-electron chi connectivity index (χ1n) is 8.74. The van der Waals surface area contributed by atoms with Crippen LogP contribution < -0.4 is 14.8 Å². The third kappa shape index (κ3) is 4.13. The number of hydrogen-bond acceptors (Lipinski definition) is 5. The van der Waals surface area contributed by atoms with Crippen LogP contribution in [-0.4, -0.2) is 24.6 Å². The fourth-order valence-corrected chi connectivity index (χ4v) is 3.68. The summed E-state index contributed by atoms with van der Waals surface area (Å²) in [6.07, 6.45) is 0. The molecule has 3 aromatic carbocycles. The Bertz CT molecular complexity index is 1060. The van der Waals surface area contributed by atoms with Gasteiger partial charge in [-0.25, -0.2) is 4.98 Å². The van der Waals surface area contributed by atoms with Crippen LogP contribution >= 0.6 is 11.3 Å². The number of aromatic nitrogens is 1. The van der Waals surface area contributed by atoms with E-state index in [1.807, 2.05) is 42.5 Å². The zero-order valence-electron chi connectivity index (χ0n) is 15.2. The van der Waals surface area contributed by atoms with Crippen LogP contribution in [0.25, 0.3) is 20.8 Å². The predicted molar refractivity (Wildman–Crippen MR) is 112 cm³/mol. The van der Waals surface area contributed by atoms with Gasteiger partial charge in [-0.15, -0.1) is 11.3 Å². The largest absolute Gasteiger partial charge is 0.497 e. The highest BCUT2D eigenvalue weighted by Gasteiger charge is 2.07. The second kappa shape index (κ2) is 8.10. The minimum Gasteiger partial charge on any atom is -0.497 e. The number of carbonyl (C=O) groups excluding carboxylic acids is 1. The Balaban J connectivity index is 1.36. The predicted octanol–water partition coefficient (Wildman–Crippen LogP) is 4.99. The van der Waals surface area contributed by atoms with E-state index >= 15 is 0 Å². The number of thiazole rings is 1. The van der Waals surface area contributed by atoms with Crippen LogP contribution in [0.2, 0.25) is 0 Å². The first-order chi connectivity index (χ1) is 13.7. The van der Waals surface area contributed by atoms with E-state index in [1.165, 1.54) is 0 Å². The summed E-state index contributed by atoms with van der Waals surface area (Å²) >= 11 is 1.65. The molecule has 4 aromatic rings. The van der Waals surface area contributed by atoms with Crippen molar-refractivity contribution in [2.45, 2.75) is 0 Å². The lowest BCUT2D eigenvalue weighted by molar-refractivity contribution is -0.118. The maximum absolute atomic E-state index is 12.1. The van der Waals surface area contributed by atoms with E-state index in [-0.39, 0.29) is 12.5 Å². The molecule has 140 valence electrons. The van der Waals surface area contributed by atoms with Crippen molar-refractivity contribution >= 4 is 33.1 Å². The first kappa shape index (κ1) is 18.0. The van der Waals surface area contributed by atoms with E-state index in [0.29, 0.717) is 11.4 Å². The molecule has 6 heteroatoms. The topological polar surface area (TPSA) is 60.5 Å². The van der Waals surface area contributed by atoms with Crippen LogP contribution in [0.4, 0.5) is 5.69 Å². The van der Waals surface area contributed by atoms with Gasteiger partial charge >= 0.3 is 0 Å². The fraction of sp³-hybridized carbons (Fsp3) is 0.0909. The Morgan fingerprint density at radius 1 is 0.964 bits per heavy atom. The van der Waals surface area contributed by atoms with Gasteiger partial charge in [0.1, 0.15) is 16.5 Å². The number of methoxy groups -OCH3 is 1. The van der Waals surface area contributed by atoms with Crippen LogP contribution in [0.5, 0.6) is 11.5 Å². The smallest absolute Gasteiger partial charge is 0.262 e. The average Bonchev–Trinajstić information content (AvgIpc) is 3.17. The number of benzene rings is 3.